The van der Waals surface area contributed by atoms with E-state index in [2.05, 4.69) is 25.6 Å². The predicted molar refractivity (Wildman–Crippen MR) is 111 cm³/mol. The first-order valence-corrected chi connectivity index (χ1v) is 10.4. The lowest BCUT2D eigenvalue weighted by atomic mass is 10.1. The average Bonchev–Trinajstić information content (AvgIpc) is 3.47. The fraction of sp³-hybridized carbons (Fsp3) is 0.667. The van der Waals surface area contributed by atoms with Crippen molar-refractivity contribution in [2.45, 2.75) is 50.3 Å². The van der Waals surface area contributed by atoms with Crippen LogP contribution in [0.25, 0.3) is 11.2 Å². The molecule has 0 aliphatic carbocycles. The predicted octanol–water partition coefficient (Wildman–Crippen LogP) is -0.0526. The van der Waals surface area contributed by atoms with Crippen LogP contribution in [0.3, 0.4) is 0 Å². The number of fused-ring (bicyclic) bond motifs is 1. The third-order valence-corrected chi connectivity index (χ3v) is 5.40. The number of nitrogens with one attached hydrogen (secondary N) is 2. The Morgan fingerprint density at radius 2 is 2.20 bits per heavy atom. The molecule has 12 heteroatoms. The Kier molecular flexibility index (Phi) is 6.58. The monoisotopic (exact) mass is 438 g/mol. The van der Waals surface area contributed by atoms with E-state index in [1.807, 2.05) is 6.92 Å². The summed E-state index contributed by atoms with van der Waals surface area (Å²) in [5, 5.41) is 27.5. The van der Waals surface area contributed by atoms with E-state index in [1.54, 1.807) is 4.57 Å². The molecule has 11 nitrogen and oxygen atoms in total. The van der Waals surface area contributed by atoms with Crippen molar-refractivity contribution in [1.29, 1.82) is 0 Å². The highest BCUT2D eigenvalue weighted by Gasteiger charge is 2.44. The molecule has 5 atom stereocenters. The van der Waals surface area contributed by atoms with E-state index in [-0.39, 0.29) is 17.8 Å². The fourth-order valence-electron chi connectivity index (χ4n) is 3.52. The summed E-state index contributed by atoms with van der Waals surface area (Å²) in [7, 11) is 0. The first-order chi connectivity index (χ1) is 14.6. The molecule has 0 radical (unpaired) electrons. The second kappa shape index (κ2) is 9.35. The van der Waals surface area contributed by atoms with E-state index in [4.69, 9.17) is 26.4 Å². The van der Waals surface area contributed by atoms with Crippen molar-refractivity contribution in [3.63, 3.8) is 0 Å². The highest BCUT2D eigenvalue weighted by Crippen LogP contribution is 2.32. The van der Waals surface area contributed by atoms with Gasteiger partial charge in [0.2, 0.25) is 0 Å². The first kappa shape index (κ1) is 21.1. The SMILES string of the molecule is CCCNC(=S)OCC1OC(n2cnc3c(N[C@@H]4CCOC4)ncnc32)C(O)C1O. The highest BCUT2D eigenvalue weighted by atomic mass is 32.1. The molecule has 2 aliphatic rings. The van der Waals surface area contributed by atoms with Gasteiger partial charge in [-0.2, -0.15) is 0 Å². The summed E-state index contributed by atoms with van der Waals surface area (Å²) in [6.45, 7) is 4.05. The van der Waals surface area contributed by atoms with Crippen LogP contribution in [-0.4, -0.2) is 85.6 Å². The van der Waals surface area contributed by atoms with E-state index in [0.29, 0.717) is 36.7 Å². The van der Waals surface area contributed by atoms with Gasteiger partial charge in [-0.25, -0.2) is 15.0 Å². The Labute approximate surface area is 178 Å². The van der Waals surface area contributed by atoms with Gasteiger partial charge in [-0.1, -0.05) is 6.92 Å². The molecule has 30 heavy (non-hydrogen) atoms. The Bertz CT molecular complexity index is 876. The minimum Gasteiger partial charge on any atom is -0.468 e. The molecule has 164 valence electrons. The van der Waals surface area contributed by atoms with Crippen LogP contribution in [0.1, 0.15) is 26.0 Å². The van der Waals surface area contributed by atoms with Crippen LogP contribution in [0.2, 0.25) is 0 Å². The second-order valence-corrected chi connectivity index (χ2v) is 7.69. The van der Waals surface area contributed by atoms with Gasteiger partial charge in [0.05, 0.1) is 19.0 Å². The smallest absolute Gasteiger partial charge is 0.256 e. The number of aliphatic hydroxyl groups is 2. The van der Waals surface area contributed by atoms with Crippen LogP contribution in [-0.2, 0) is 14.2 Å². The molecular weight excluding hydrogens is 412 g/mol. The van der Waals surface area contributed by atoms with Crippen molar-refractivity contribution in [3.05, 3.63) is 12.7 Å². The molecule has 2 aliphatic heterocycles. The zero-order valence-corrected chi connectivity index (χ0v) is 17.4. The maximum atomic E-state index is 10.6. The number of imidazole rings is 1. The molecule has 0 bridgehead atoms. The third kappa shape index (κ3) is 4.32. The number of hydrogen-bond donors (Lipinski definition) is 4. The van der Waals surface area contributed by atoms with E-state index < -0.39 is 24.5 Å². The molecule has 2 aromatic rings. The number of anilines is 1. The molecular formula is C18H26N6O5S. The Balaban J connectivity index is 1.47. The van der Waals surface area contributed by atoms with Gasteiger partial charge < -0.3 is 35.1 Å². The van der Waals surface area contributed by atoms with Crippen molar-refractivity contribution in [2.75, 3.05) is 31.7 Å². The Morgan fingerprint density at radius 1 is 1.33 bits per heavy atom. The largest absolute Gasteiger partial charge is 0.468 e. The topological polar surface area (TPSA) is 136 Å². The summed E-state index contributed by atoms with van der Waals surface area (Å²) in [6.07, 6.45) is 0.806. The van der Waals surface area contributed by atoms with Crippen LogP contribution in [0, 0.1) is 0 Å². The minimum atomic E-state index is -1.18. The number of aliphatic hydroxyl groups excluding tert-OH is 2. The molecule has 4 rings (SSSR count). The minimum absolute atomic E-state index is 0.0143. The number of hydrogen-bond acceptors (Lipinski definition) is 10. The van der Waals surface area contributed by atoms with Crippen LogP contribution >= 0.6 is 12.2 Å². The van der Waals surface area contributed by atoms with Gasteiger partial charge in [0.1, 0.15) is 31.2 Å². The lowest BCUT2D eigenvalue weighted by molar-refractivity contribution is -0.0491. The summed E-state index contributed by atoms with van der Waals surface area (Å²) in [5.74, 6) is 0.592. The highest BCUT2D eigenvalue weighted by molar-refractivity contribution is 7.80. The third-order valence-electron chi connectivity index (χ3n) is 5.14. The van der Waals surface area contributed by atoms with Crippen LogP contribution in [0.15, 0.2) is 12.7 Å². The normalized spacial score (nSPS) is 28.7. The molecule has 0 aromatic carbocycles. The molecule has 2 aromatic heterocycles. The van der Waals surface area contributed by atoms with E-state index in [0.717, 1.165) is 12.8 Å². The van der Waals surface area contributed by atoms with Crippen molar-refractivity contribution in [2.24, 2.45) is 0 Å². The average molecular weight is 439 g/mol. The van der Waals surface area contributed by atoms with Crippen molar-refractivity contribution >= 4 is 34.4 Å². The standard InChI is InChI=1S/C18H26N6O5S/c1-2-4-19-18(30)28-7-11-13(25)14(26)17(29-11)24-9-22-12-15(20-8-21-16(12)24)23-10-3-5-27-6-10/h8-11,13-14,17,25-26H,2-7H2,1H3,(H,19,30)(H,20,21,23)/t10-,11?,13?,14?,17?/m1/s1. The van der Waals surface area contributed by atoms with E-state index in [9.17, 15) is 10.2 Å². The van der Waals surface area contributed by atoms with Crippen LogP contribution in [0.4, 0.5) is 5.82 Å². The summed E-state index contributed by atoms with van der Waals surface area (Å²) in [5.41, 5.74) is 1.05. The molecule has 0 amide bonds. The van der Waals surface area contributed by atoms with Crippen LogP contribution in [0.5, 0.6) is 0 Å². The number of thiocarbonyl (C=S) groups is 1. The summed E-state index contributed by atoms with van der Waals surface area (Å²) < 4.78 is 18.3. The first-order valence-electron chi connectivity index (χ1n) is 10.0. The molecule has 0 spiro atoms. The lowest BCUT2D eigenvalue weighted by Crippen LogP contribution is -2.36. The summed E-state index contributed by atoms with van der Waals surface area (Å²) in [6, 6.07) is 0.162. The molecule has 0 saturated carbocycles. The summed E-state index contributed by atoms with van der Waals surface area (Å²) >= 11 is 5.09. The van der Waals surface area contributed by atoms with Gasteiger partial charge in [0.15, 0.2) is 23.2 Å². The van der Waals surface area contributed by atoms with Crippen molar-refractivity contribution in [3.8, 4) is 0 Å². The van der Waals surface area contributed by atoms with Gasteiger partial charge in [-0.15, -0.1) is 0 Å². The van der Waals surface area contributed by atoms with Gasteiger partial charge in [-0.05, 0) is 25.1 Å². The molecule has 4 heterocycles. The van der Waals surface area contributed by atoms with Gasteiger partial charge in [0, 0.05) is 13.2 Å². The quantitative estimate of drug-likeness (QED) is 0.433. The molecule has 4 N–H and O–H groups in total. The maximum absolute atomic E-state index is 10.6. The molecule has 2 fully saturated rings. The number of aromatic nitrogens is 4. The van der Waals surface area contributed by atoms with E-state index in [1.165, 1.54) is 12.7 Å². The number of rotatable bonds is 7. The zero-order valence-electron chi connectivity index (χ0n) is 16.6. The zero-order chi connectivity index (χ0) is 21.1. The van der Waals surface area contributed by atoms with Gasteiger partial charge in [0.25, 0.3) is 5.17 Å². The molecule has 4 unspecified atom stereocenters. The number of ether oxygens (including phenoxy) is 3. The Morgan fingerprint density at radius 3 is 2.97 bits per heavy atom. The van der Waals surface area contributed by atoms with Gasteiger partial charge in [-0.3, -0.25) is 4.57 Å². The summed E-state index contributed by atoms with van der Waals surface area (Å²) in [4.78, 5) is 13.0. The molecule has 2 saturated heterocycles. The van der Waals surface area contributed by atoms with Crippen molar-refractivity contribution < 1.29 is 24.4 Å². The Hall–Kier alpha value is -2.12. The van der Waals surface area contributed by atoms with Gasteiger partial charge >= 0.3 is 0 Å². The van der Waals surface area contributed by atoms with E-state index >= 15 is 0 Å². The fourth-order valence-corrected chi connectivity index (χ4v) is 3.69. The maximum Gasteiger partial charge on any atom is 0.256 e. The number of nitrogens with zero attached hydrogens (tertiary/aromatic N) is 4. The van der Waals surface area contributed by atoms with Crippen LogP contribution < -0.4 is 10.6 Å². The lowest BCUT2D eigenvalue weighted by Gasteiger charge is -2.17. The van der Waals surface area contributed by atoms with Crippen molar-refractivity contribution in [1.82, 2.24) is 24.8 Å². The second-order valence-electron chi connectivity index (χ2n) is 7.32.